The minimum atomic E-state index is -0.215. The third-order valence-corrected chi connectivity index (χ3v) is 3.07. The lowest BCUT2D eigenvalue weighted by atomic mass is 10.1. The molecule has 0 atom stereocenters. The van der Waals surface area contributed by atoms with Crippen molar-refractivity contribution in [2.24, 2.45) is 0 Å². The molecule has 1 rings (SSSR count). The van der Waals surface area contributed by atoms with Gasteiger partial charge in [-0.1, -0.05) is 11.6 Å². The maximum Gasteiger partial charge on any atom is 0.126 e. The van der Waals surface area contributed by atoms with Crippen LogP contribution in [0.1, 0.15) is 24.0 Å². The maximum absolute atomic E-state index is 13.4. The fourth-order valence-corrected chi connectivity index (χ4v) is 1.95. The molecule has 0 spiro atoms. The van der Waals surface area contributed by atoms with Gasteiger partial charge in [-0.15, -0.1) is 0 Å². The normalized spacial score (nSPS) is 11.2. The zero-order valence-corrected chi connectivity index (χ0v) is 11.1. The average Bonchev–Trinajstić information content (AvgIpc) is 2.26. The van der Waals surface area contributed by atoms with Crippen molar-refractivity contribution in [2.75, 3.05) is 20.2 Å². The van der Waals surface area contributed by atoms with Crippen LogP contribution < -0.4 is 0 Å². The van der Waals surface area contributed by atoms with Crippen molar-refractivity contribution in [3.63, 3.8) is 0 Å². The van der Waals surface area contributed by atoms with Gasteiger partial charge in [0.15, 0.2) is 0 Å². The second-order valence-corrected chi connectivity index (χ2v) is 4.77. The topological polar surface area (TPSA) is 23.5 Å². The van der Waals surface area contributed by atoms with E-state index in [1.54, 1.807) is 13.0 Å². The molecule has 1 aromatic carbocycles. The van der Waals surface area contributed by atoms with Crippen LogP contribution in [0.25, 0.3) is 0 Å². The number of aryl methyl sites for hydroxylation is 1. The van der Waals surface area contributed by atoms with Gasteiger partial charge in [0.25, 0.3) is 0 Å². The molecular weight excluding hydrogens is 241 g/mol. The molecule has 1 N–H and O–H groups in total. The van der Waals surface area contributed by atoms with Crippen LogP contribution in [-0.2, 0) is 6.54 Å². The van der Waals surface area contributed by atoms with Crippen LogP contribution in [0.3, 0.4) is 0 Å². The van der Waals surface area contributed by atoms with Crippen molar-refractivity contribution in [3.8, 4) is 0 Å². The number of benzene rings is 1. The van der Waals surface area contributed by atoms with E-state index in [0.717, 1.165) is 24.9 Å². The van der Waals surface area contributed by atoms with Crippen LogP contribution in [0.15, 0.2) is 12.1 Å². The van der Waals surface area contributed by atoms with Gasteiger partial charge in [-0.2, -0.15) is 0 Å². The van der Waals surface area contributed by atoms with E-state index in [4.69, 9.17) is 16.7 Å². The molecule has 0 aliphatic rings. The molecule has 1 aromatic rings. The van der Waals surface area contributed by atoms with E-state index < -0.39 is 0 Å². The molecular formula is C13H19ClFNO. The molecule has 0 saturated heterocycles. The van der Waals surface area contributed by atoms with Crippen molar-refractivity contribution in [1.29, 1.82) is 0 Å². The summed E-state index contributed by atoms with van der Waals surface area (Å²) in [5.74, 6) is -0.215. The lowest BCUT2D eigenvalue weighted by Crippen LogP contribution is -2.19. The zero-order chi connectivity index (χ0) is 12.8. The molecule has 0 radical (unpaired) electrons. The van der Waals surface area contributed by atoms with Gasteiger partial charge >= 0.3 is 0 Å². The molecule has 0 saturated carbocycles. The minimum Gasteiger partial charge on any atom is -0.396 e. The Morgan fingerprint density at radius 1 is 1.35 bits per heavy atom. The average molecular weight is 260 g/mol. The molecule has 17 heavy (non-hydrogen) atoms. The Morgan fingerprint density at radius 3 is 2.71 bits per heavy atom. The maximum atomic E-state index is 13.4. The SMILES string of the molecule is Cc1cc(Cl)c(CN(C)CCCCO)cc1F. The number of rotatable bonds is 6. The number of nitrogens with zero attached hydrogens (tertiary/aromatic N) is 1. The van der Waals surface area contributed by atoms with Gasteiger partial charge in [0.05, 0.1) is 0 Å². The highest BCUT2D eigenvalue weighted by Crippen LogP contribution is 2.21. The minimum absolute atomic E-state index is 0.215. The monoisotopic (exact) mass is 259 g/mol. The predicted octanol–water partition coefficient (Wildman–Crippen LogP) is 2.99. The molecule has 4 heteroatoms. The number of hydrogen-bond donors (Lipinski definition) is 1. The van der Waals surface area contributed by atoms with Crippen LogP contribution in [0, 0.1) is 12.7 Å². The Hall–Kier alpha value is -0.640. The largest absolute Gasteiger partial charge is 0.396 e. The van der Waals surface area contributed by atoms with Crippen LogP contribution in [0.5, 0.6) is 0 Å². The van der Waals surface area contributed by atoms with Crippen molar-refractivity contribution < 1.29 is 9.50 Å². The van der Waals surface area contributed by atoms with Crippen LogP contribution >= 0.6 is 11.6 Å². The van der Waals surface area contributed by atoms with Crippen LogP contribution in [-0.4, -0.2) is 30.2 Å². The molecule has 0 bridgehead atoms. The third-order valence-electron chi connectivity index (χ3n) is 2.72. The number of aliphatic hydroxyl groups is 1. The molecule has 0 amide bonds. The fourth-order valence-electron chi connectivity index (χ4n) is 1.67. The Bertz CT molecular complexity index is 371. The molecule has 0 aromatic heterocycles. The van der Waals surface area contributed by atoms with Crippen LogP contribution in [0.2, 0.25) is 5.02 Å². The quantitative estimate of drug-likeness (QED) is 0.794. The second kappa shape index (κ2) is 6.94. The van der Waals surface area contributed by atoms with Crippen LogP contribution in [0.4, 0.5) is 4.39 Å². The van der Waals surface area contributed by atoms with Gasteiger partial charge in [0, 0.05) is 18.2 Å². The molecule has 2 nitrogen and oxygen atoms in total. The summed E-state index contributed by atoms with van der Waals surface area (Å²) in [6, 6.07) is 3.16. The Balaban J connectivity index is 2.58. The lowest BCUT2D eigenvalue weighted by molar-refractivity contribution is 0.261. The van der Waals surface area contributed by atoms with Gasteiger partial charge < -0.3 is 10.0 Å². The third kappa shape index (κ3) is 4.62. The van der Waals surface area contributed by atoms with E-state index in [1.807, 2.05) is 7.05 Å². The smallest absolute Gasteiger partial charge is 0.126 e. The van der Waals surface area contributed by atoms with E-state index in [9.17, 15) is 4.39 Å². The Kier molecular flexibility index (Phi) is 5.89. The zero-order valence-electron chi connectivity index (χ0n) is 10.3. The Morgan fingerprint density at radius 2 is 2.06 bits per heavy atom. The summed E-state index contributed by atoms with van der Waals surface area (Å²) in [5, 5.41) is 9.30. The number of unbranched alkanes of at least 4 members (excludes halogenated alkanes) is 1. The van der Waals surface area contributed by atoms with E-state index in [1.165, 1.54) is 6.07 Å². The first-order chi connectivity index (χ1) is 8.04. The summed E-state index contributed by atoms with van der Waals surface area (Å²) < 4.78 is 13.4. The summed E-state index contributed by atoms with van der Waals surface area (Å²) in [6.07, 6.45) is 1.72. The molecule has 96 valence electrons. The highest BCUT2D eigenvalue weighted by atomic mass is 35.5. The van der Waals surface area contributed by atoms with E-state index in [2.05, 4.69) is 4.90 Å². The van der Waals surface area contributed by atoms with E-state index in [0.29, 0.717) is 17.1 Å². The van der Waals surface area contributed by atoms with Crippen molar-refractivity contribution in [3.05, 3.63) is 34.1 Å². The first-order valence-corrected chi connectivity index (χ1v) is 6.16. The van der Waals surface area contributed by atoms with Gasteiger partial charge in [-0.25, -0.2) is 4.39 Å². The van der Waals surface area contributed by atoms with Crippen molar-refractivity contribution >= 4 is 11.6 Å². The first-order valence-electron chi connectivity index (χ1n) is 5.78. The standard InChI is InChI=1S/C13H19ClFNO/c1-10-7-12(14)11(8-13(10)15)9-16(2)5-3-4-6-17/h7-8,17H,3-6,9H2,1-2H3. The molecule has 0 aliphatic heterocycles. The van der Waals surface area contributed by atoms with Crippen molar-refractivity contribution in [2.45, 2.75) is 26.3 Å². The molecule has 0 heterocycles. The second-order valence-electron chi connectivity index (χ2n) is 4.36. The highest BCUT2D eigenvalue weighted by Gasteiger charge is 2.08. The van der Waals surface area contributed by atoms with Gasteiger partial charge in [0.1, 0.15) is 5.82 Å². The van der Waals surface area contributed by atoms with Gasteiger partial charge in [0.2, 0.25) is 0 Å². The Labute approximate surface area is 107 Å². The molecule has 0 aliphatic carbocycles. The summed E-state index contributed by atoms with van der Waals surface area (Å²) >= 11 is 6.07. The number of halogens is 2. The van der Waals surface area contributed by atoms with E-state index >= 15 is 0 Å². The highest BCUT2D eigenvalue weighted by molar-refractivity contribution is 6.31. The fraction of sp³-hybridized carbons (Fsp3) is 0.538. The van der Waals surface area contributed by atoms with Gasteiger partial charge in [-0.3, -0.25) is 0 Å². The summed E-state index contributed by atoms with van der Waals surface area (Å²) in [5.41, 5.74) is 1.38. The first kappa shape index (κ1) is 14.4. The van der Waals surface area contributed by atoms with Gasteiger partial charge in [-0.05, 0) is 56.6 Å². The summed E-state index contributed by atoms with van der Waals surface area (Å²) in [6.45, 7) is 3.41. The van der Waals surface area contributed by atoms with Crippen molar-refractivity contribution in [1.82, 2.24) is 4.90 Å². The number of aliphatic hydroxyl groups excluding tert-OH is 1. The number of hydrogen-bond acceptors (Lipinski definition) is 2. The summed E-state index contributed by atoms with van der Waals surface area (Å²) in [4.78, 5) is 2.08. The molecule has 0 unspecified atom stereocenters. The summed E-state index contributed by atoms with van der Waals surface area (Å²) in [7, 11) is 1.96. The molecule has 0 fully saturated rings. The lowest BCUT2D eigenvalue weighted by Gasteiger charge is -2.17. The van der Waals surface area contributed by atoms with E-state index in [-0.39, 0.29) is 12.4 Å². The predicted molar refractivity (Wildman–Crippen MR) is 68.8 cm³/mol.